The molecule has 0 bridgehead atoms. The third-order valence-corrected chi connectivity index (χ3v) is 3.19. The molecule has 0 fully saturated rings. The van der Waals surface area contributed by atoms with E-state index in [9.17, 15) is 13.2 Å². The van der Waals surface area contributed by atoms with Crippen LogP contribution in [-0.2, 0) is 6.54 Å². The molecule has 22 heavy (non-hydrogen) atoms. The van der Waals surface area contributed by atoms with Crippen LogP contribution >= 0.6 is 0 Å². The van der Waals surface area contributed by atoms with Gasteiger partial charge in [-0.15, -0.1) is 0 Å². The van der Waals surface area contributed by atoms with Crippen molar-refractivity contribution in [2.24, 2.45) is 0 Å². The highest BCUT2D eigenvalue weighted by molar-refractivity contribution is 5.27. The van der Waals surface area contributed by atoms with Crippen LogP contribution in [-0.4, -0.2) is 47.6 Å². The first-order valence-electron chi connectivity index (χ1n) is 7.05. The molecule has 1 aromatic rings. The molecule has 0 atom stereocenters. The van der Waals surface area contributed by atoms with E-state index in [2.05, 4.69) is 9.75 Å². The molecule has 0 unspecified atom stereocenters. The second kappa shape index (κ2) is 7.51. The monoisotopic (exact) mass is 316 g/mol. The van der Waals surface area contributed by atoms with Gasteiger partial charge in [0.2, 0.25) is 0 Å². The molecule has 0 radical (unpaired) electrons. The van der Waals surface area contributed by atoms with Crippen molar-refractivity contribution in [2.45, 2.75) is 19.1 Å². The summed E-state index contributed by atoms with van der Waals surface area (Å²) in [7, 11) is 0. The number of benzene rings is 1. The van der Waals surface area contributed by atoms with Crippen LogP contribution in [0.2, 0.25) is 0 Å². The minimum Gasteiger partial charge on any atom is -0.484 e. The van der Waals surface area contributed by atoms with Gasteiger partial charge in [0.15, 0.2) is 6.61 Å². The van der Waals surface area contributed by atoms with E-state index >= 15 is 0 Å². The molecule has 7 heteroatoms. The quantitative estimate of drug-likeness (QED) is 0.839. The van der Waals surface area contributed by atoms with E-state index in [4.69, 9.17) is 5.11 Å². The zero-order valence-corrected chi connectivity index (χ0v) is 12.1. The van der Waals surface area contributed by atoms with Crippen molar-refractivity contribution in [3.05, 3.63) is 42.1 Å². The van der Waals surface area contributed by atoms with Gasteiger partial charge in [-0.2, -0.15) is 13.2 Å². The van der Waals surface area contributed by atoms with Crippen LogP contribution in [0.3, 0.4) is 0 Å². The minimum atomic E-state index is -4.33. The molecule has 1 aliphatic heterocycles. The zero-order chi connectivity index (χ0) is 16.0. The van der Waals surface area contributed by atoms with E-state index < -0.39 is 12.8 Å². The fourth-order valence-corrected chi connectivity index (χ4v) is 2.16. The fraction of sp³-hybridized carbons (Fsp3) is 0.467. The molecule has 1 heterocycles. The molecule has 4 nitrogen and oxygen atoms in total. The Morgan fingerprint density at radius 3 is 2.55 bits per heavy atom. The first kappa shape index (κ1) is 16.6. The molecule has 122 valence electrons. The van der Waals surface area contributed by atoms with Crippen LogP contribution in [0.25, 0.3) is 0 Å². The van der Waals surface area contributed by atoms with Crippen LogP contribution in [0, 0.1) is 0 Å². The molecular formula is C15H19F3N2O2. The molecule has 1 N–H and O–H groups in total. The number of hydrogen-bond acceptors (Lipinski definition) is 4. The maximum atomic E-state index is 12.1. The number of aliphatic hydroxyl groups excluding tert-OH is 1. The van der Waals surface area contributed by atoms with E-state index in [1.54, 1.807) is 24.3 Å². The maximum absolute atomic E-state index is 12.1. The van der Waals surface area contributed by atoms with E-state index in [0.717, 1.165) is 18.7 Å². The lowest BCUT2D eigenvalue weighted by atomic mass is 10.2. The van der Waals surface area contributed by atoms with Crippen LogP contribution in [0.5, 0.6) is 5.75 Å². The Morgan fingerprint density at radius 1 is 1.18 bits per heavy atom. The summed E-state index contributed by atoms with van der Waals surface area (Å²) in [6.07, 6.45) is 0.354. The Hall–Kier alpha value is -1.73. The summed E-state index contributed by atoms with van der Waals surface area (Å²) in [5.74, 6) is 0.206. The van der Waals surface area contributed by atoms with Crippen molar-refractivity contribution < 1.29 is 23.0 Å². The number of rotatable bonds is 7. The number of aliphatic hydroxyl groups is 1. The normalized spacial score (nSPS) is 15.5. The summed E-state index contributed by atoms with van der Waals surface area (Å²) in [6, 6.07) is 6.60. The van der Waals surface area contributed by atoms with E-state index in [1.807, 2.05) is 17.3 Å². The topological polar surface area (TPSA) is 35.9 Å². The third-order valence-electron chi connectivity index (χ3n) is 3.19. The van der Waals surface area contributed by atoms with Gasteiger partial charge in [-0.1, -0.05) is 18.2 Å². The SMILES string of the molecule is OCCCN1C=CCN1Cc1ccc(OCC(F)(F)F)cc1. The van der Waals surface area contributed by atoms with Gasteiger partial charge in [0.25, 0.3) is 0 Å². The molecule has 0 spiro atoms. The molecule has 0 aromatic heterocycles. The molecule has 0 amide bonds. The number of ether oxygens (including phenoxy) is 1. The van der Waals surface area contributed by atoms with E-state index in [-0.39, 0.29) is 12.4 Å². The van der Waals surface area contributed by atoms with Crippen molar-refractivity contribution in [3.63, 3.8) is 0 Å². The van der Waals surface area contributed by atoms with Gasteiger partial charge in [0.05, 0.1) is 0 Å². The predicted molar refractivity (Wildman–Crippen MR) is 76.0 cm³/mol. The second-order valence-electron chi connectivity index (χ2n) is 5.02. The summed E-state index contributed by atoms with van der Waals surface area (Å²) in [5, 5.41) is 13.0. The maximum Gasteiger partial charge on any atom is 0.422 e. The number of halogens is 3. The fourth-order valence-electron chi connectivity index (χ4n) is 2.16. The molecule has 0 saturated heterocycles. The van der Waals surface area contributed by atoms with Crippen molar-refractivity contribution in [2.75, 3.05) is 26.3 Å². The number of hydrazine groups is 1. The van der Waals surface area contributed by atoms with Gasteiger partial charge in [-0.05, 0) is 24.1 Å². The lowest BCUT2D eigenvalue weighted by Gasteiger charge is -2.29. The smallest absolute Gasteiger partial charge is 0.422 e. The Bertz CT molecular complexity index is 489. The summed E-state index contributed by atoms with van der Waals surface area (Å²) in [6.45, 7) is 1.02. The van der Waals surface area contributed by atoms with Crippen LogP contribution < -0.4 is 4.74 Å². The minimum absolute atomic E-state index is 0.142. The Labute approximate surface area is 127 Å². The van der Waals surface area contributed by atoms with Crippen molar-refractivity contribution in [3.8, 4) is 5.75 Å². The highest BCUT2D eigenvalue weighted by Gasteiger charge is 2.28. The molecular weight excluding hydrogens is 297 g/mol. The van der Waals surface area contributed by atoms with Gasteiger partial charge in [-0.25, -0.2) is 5.01 Å². The highest BCUT2D eigenvalue weighted by Crippen LogP contribution is 2.20. The first-order valence-corrected chi connectivity index (χ1v) is 7.05. The molecule has 1 aromatic carbocycles. The number of alkyl halides is 3. The second-order valence-corrected chi connectivity index (χ2v) is 5.02. The molecule has 0 saturated carbocycles. The first-order chi connectivity index (χ1) is 10.5. The zero-order valence-electron chi connectivity index (χ0n) is 12.1. The lowest BCUT2D eigenvalue weighted by Crippen LogP contribution is -2.35. The number of nitrogens with zero attached hydrogens (tertiary/aromatic N) is 2. The largest absolute Gasteiger partial charge is 0.484 e. The third kappa shape index (κ3) is 5.23. The van der Waals surface area contributed by atoms with Gasteiger partial charge in [0.1, 0.15) is 5.75 Å². The van der Waals surface area contributed by atoms with Gasteiger partial charge < -0.3 is 14.9 Å². The Kier molecular flexibility index (Phi) is 5.68. The van der Waals surface area contributed by atoms with Gasteiger partial charge in [-0.3, -0.25) is 0 Å². The summed E-state index contributed by atoms with van der Waals surface area (Å²) in [5.41, 5.74) is 0.983. The Balaban J connectivity index is 1.85. The van der Waals surface area contributed by atoms with Crippen LogP contribution in [0.4, 0.5) is 13.2 Å². The average molecular weight is 316 g/mol. The molecule has 1 aliphatic rings. The standard InChI is InChI=1S/C15H19F3N2O2/c16-15(17,18)12-22-14-5-3-13(4-6-14)11-20-8-1-7-19(20)9-2-10-21/h1,3-7,21H,2,8-12H2. The molecule has 0 aliphatic carbocycles. The summed E-state index contributed by atoms with van der Waals surface area (Å²) in [4.78, 5) is 0. The summed E-state index contributed by atoms with van der Waals surface area (Å²) < 4.78 is 40.9. The average Bonchev–Trinajstić information content (AvgIpc) is 2.91. The van der Waals surface area contributed by atoms with Crippen molar-refractivity contribution in [1.29, 1.82) is 0 Å². The van der Waals surface area contributed by atoms with Gasteiger partial charge in [0, 0.05) is 32.4 Å². The van der Waals surface area contributed by atoms with Crippen molar-refractivity contribution in [1.82, 2.24) is 10.0 Å². The van der Waals surface area contributed by atoms with E-state index in [0.29, 0.717) is 13.0 Å². The highest BCUT2D eigenvalue weighted by atomic mass is 19.4. The summed E-state index contributed by atoms with van der Waals surface area (Å²) >= 11 is 0. The lowest BCUT2D eigenvalue weighted by molar-refractivity contribution is -0.153. The molecule has 2 rings (SSSR count). The van der Waals surface area contributed by atoms with Crippen molar-refractivity contribution >= 4 is 0 Å². The van der Waals surface area contributed by atoms with Crippen LogP contribution in [0.15, 0.2) is 36.5 Å². The van der Waals surface area contributed by atoms with E-state index in [1.165, 1.54) is 0 Å². The van der Waals surface area contributed by atoms with Crippen LogP contribution in [0.1, 0.15) is 12.0 Å². The Morgan fingerprint density at radius 2 is 1.91 bits per heavy atom. The van der Waals surface area contributed by atoms with Gasteiger partial charge >= 0.3 is 6.18 Å². The number of hydrogen-bond donors (Lipinski definition) is 1. The predicted octanol–water partition coefficient (Wildman–Crippen LogP) is 2.56.